The molecule has 25 heavy (non-hydrogen) atoms. The predicted octanol–water partition coefficient (Wildman–Crippen LogP) is 2.99. The van der Waals surface area contributed by atoms with Crippen LogP contribution in [0.3, 0.4) is 0 Å². The molecule has 2 aromatic rings. The molecule has 0 fully saturated rings. The number of ether oxygens (including phenoxy) is 3. The molecule has 0 saturated heterocycles. The maximum Gasteiger partial charge on any atom is 0.269 e. The number of benzene rings is 1. The van der Waals surface area contributed by atoms with E-state index in [4.69, 9.17) is 14.2 Å². The van der Waals surface area contributed by atoms with Crippen LogP contribution < -0.4 is 24.8 Å². The Labute approximate surface area is 147 Å². The highest BCUT2D eigenvalue weighted by Crippen LogP contribution is 2.40. The molecule has 0 radical (unpaired) electrons. The first kappa shape index (κ1) is 18.4. The second kappa shape index (κ2) is 8.77. The third-order valence-electron chi connectivity index (χ3n) is 3.49. The van der Waals surface area contributed by atoms with Gasteiger partial charge in [0.1, 0.15) is 5.69 Å². The van der Waals surface area contributed by atoms with Gasteiger partial charge in [-0.05, 0) is 18.6 Å². The van der Waals surface area contributed by atoms with Crippen LogP contribution in [0.15, 0.2) is 30.5 Å². The molecule has 0 atom stereocenters. The van der Waals surface area contributed by atoms with Crippen LogP contribution in [-0.2, 0) is 0 Å². The molecule has 0 spiro atoms. The van der Waals surface area contributed by atoms with Crippen LogP contribution in [0.4, 0.5) is 11.4 Å². The van der Waals surface area contributed by atoms with Crippen molar-refractivity contribution < 1.29 is 19.0 Å². The Hall–Kier alpha value is -2.96. The number of carbonyl (C=O) groups is 1. The highest BCUT2D eigenvalue weighted by molar-refractivity contribution is 5.92. The number of anilines is 2. The highest BCUT2D eigenvalue weighted by Gasteiger charge is 2.13. The van der Waals surface area contributed by atoms with Gasteiger partial charge in [-0.3, -0.25) is 4.79 Å². The molecule has 2 N–H and O–H groups in total. The Morgan fingerprint density at radius 1 is 1.04 bits per heavy atom. The average Bonchev–Trinajstić information content (AvgIpc) is 2.65. The lowest BCUT2D eigenvalue weighted by Crippen LogP contribution is -2.24. The van der Waals surface area contributed by atoms with Crippen molar-refractivity contribution in [2.45, 2.75) is 13.3 Å². The van der Waals surface area contributed by atoms with Crippen molar-refractivity contribution in [1.82, 2.24) is 10.3 Å². The van der Waals surface area contributed by atoms with Crippen LogP contribution in [0.1, 0.15) is 23.8 Å². The number of aromatic nitrogens is 1. The van der Waals surface area contributed by atoms with E-state index in [9.17, 15) is 4.79 Å². The molecular weight excluding hydrogens is 322 g/mol. The third kappa shape index (κ3) is 4.53. The van der Waals surface area contributed by atoms with Crippen LogP contribution in [0.25, 0.3) is 0 Å². The summed E-state index contributed by atoms with van der Waals surface area (Å²) < 4.78 is 16.0. The zero-order chi connectivity index (χ0) is 18.2. The normalized spacial score (nSPS) is 10.1. The molecular formula is C18H23N3O4. The summed E-state index contributed by atoms with van der Waals surface area (Å²) in [6, 6.07) is 7.05. The minimum atomic E-state index is -0.179. The number of carbonyl (C=O) groups excluding carboxylic acids is 1. The number of nitrogens with one attached hydrogen (secondary N) is 2. The predicted molar refractivity (Wildman–Crippen MR) is 96.2 cm³/mol. The van der Waals surface area contributed by atoms with Gasteiger partial charge >= 0.3 is 0 Å². The first-order valence-electron chi connectivity index (χ1n) is 7.94. The highest BCUT2D eigenvalue weighted by atomic mass is 16.5. The minimum absolute atomic E-state index is 0.179. The lowest BCUT2D eigenvalue weighted by atomic mass is 10.2. The molecule has 134 valence electrons. The van der Waals surface area contributed by atoms with Crippen LogP contribution in [0, 0.1) is 0 Å². The number of rotatable bonds is 8. The number of methoxy groups -OCH3 is 3. The molecule has 1 aromatic carbocycles. The molecule has 0 aliphatic carbocycles. The molecule has 7 nitrogen and oxygen atoms in total. The van der Waals surface area contributed by atoms with E-state index in [2.05, 4.69) is 15.6 Å². The summed E-state index contributed by atoms with van der Waals surface area (Å²) in [6.07, 6.45) is 2.48. The molecule has 0 bridgehead atoms. The standard InChI is InChI=1S/C18H23N3O4/c1-5-8-19-18(22)14-7-6-12(11-20-14)21-13-9-15(23-2)17(25-4)16(10-13)24-3/h6-7,9-11,21H,5,8H2,1-4H3,(H,19,22). The van der Waals surface area contributed by atoms with E-state index in [1.54, 1.807) is 51.8 Å². The van der Waals surface area contributed by atoms with Crippen molar-refractivity contribution in [3.8, 4) is 17.2 Å². The number of hydrogen-bond acceptors (Lipinski definition) is 6. The van der Waals surface area contributed by atoms with Gasteiger partial charge in [0.2, 0.25) is 5.75 Å². The topological polar surface area (TPSA) is 81.7 Å². The maximum absolute atomic E-state index is 11.9. The van der Waals surface area contributed by atoms with Crippen LogP contribution in [-0.4, -0.2) is 38.8 Å². The quantitative estimate of drug-likeness (QED) is 0.765. The Kier molecular flexibility index (Phi) is 6.45. The van der Waals surface area contributed by atoms with Gasteiger partial charge in [-0.25, -0.2) is 4.98 Å². The largest absolute Gasteiger partial charge is 0.493 e. The summed E-state index contributed by atoms with van der Waals surface area (Å²) in [7, 11) is 4.68. The molecule has 0 aliphatic heterocycles. The zero-order valence-corrected chi connectivity index (χ0v) is 14.9. The molecule has 1 amide bonds. The summed E-state index contributed by atoms with van der Waals surface area (Å²) in [5, 5.41) is 6.00. The van der Waals surface area contributed by atoms with Gasteiger partial charge in [-0.2, -0.15) is 0 Å². The first-order chi connectivity index (χ1) is 12.1. The van der Waals surface area contributed by atoms with Crippen molar-refractivity contribution in [1.29, 1.82) is 0 Å². The summed E-state index contributed by atoms with van der Waals surface area (Å²) in [5.74, 6) is 1.44. The van der Waals surface area contributed by atoms with Gasteiger partial charge in [0.15, 0.2) is 11.5 Å². The summed E-state index contributed by atoms with van der Waals surface area (Å²) in [6.45, 7) is 2.63. The van der Waals surface area contributed by atoms with Gasteiger partial charge in [0.25, 0.3) is 5.91 Å². The Balaban J connectivity index is 2.18. The van der Waals surface area contributed by atoms with E-state index in [0.29, 0.717) is 29.5 Å². The van der Waals surface area contributed by atoms with E-state index < -0.39 is 0 Å². The lowest BCUT2D eigenvalue weighted by molar-refractivity contribution is 0.0948. The van der Waals surface area contributed by atoms with Crippen molar-refractivity contribution >= 4 is 17.3 Å². The van der Waals surface area contributed by atoms with Crippen LogP contribution in [0.5, 0.6) is 17.2 Å². The van der Waals surface area contributed by atoms with Gasteiger partial charge in [-0.15, -0.1) is 0 Å². The maximum atomic E-state index is 11.9. The molecule has 0 aliphatic rings. The smallest absolute Gasteiger partial charge is 0.269 e. The fraction of sp³-hybridized carbons (Fsp3) is 0.333. The van der Waals surface area contributed by atoms with E-state index in [1.807, 2.05) is 6.92 Å². The average molecular weight is 345 g/mol. The second-order valence-corrected chi connectivity index (χ2v) is 5.23. The number of pyridine rings is 1. The van der Waals surface area contributed by atoms with E-state index in [0.717, 1.165) is 17.8 Å². The molecule has 1 heterocycles. The van der Waals surface area contributed by atoms with Crippen molar-refractivity contribution in [3.05, 3.63) is 36.2 Å². The third-order valence-corrected chi connectivity index (χ3v) is 3.49. The number of amides is 1. The Morgan fingerprint density at radius 3 is 2.20 bits per heavy atom. The molecule has 2 rings (SSSR count). The fourth-order valence-electron chi connectivity index (χ4n) is 2.25. The fourth-order valence-corrected chi connectivity index (χ4v) is 2.25. The monoisotopic (exact) mass is 345 g/mol. The Bertz CT molecular complexity index is 692. The Morgan fingerprint density at radius 2 is 1.72 bits per heavy atom. The molecule has 0 saturated carbocycles. The van der Waals surface area contributed by atoms with Gasteiger partial charge in [-0.1, -0.05) is 6.92 Å². The minimum Gasteiger partial charge on any atom is -0.493 e. The van der Waals surface area contributed by atoms with Gasteiger partial charge in [0.05, 0.1) is 33.2 Å². The summed E-state index contributed by atoms with van der Waals surface area (Å²) in [4.78, 5) is 16.1. The van der Waals surface area contributed by atoms with Crippen LogP contribution in [0.2, 0.25) is 0 Å². The molecule has 0 unspecified atom stereocenters. The number of hydrogen-bond donors (Lipinski definition) is 2. The van der Waals surface area contributed by atoms with Gasteiger partial charge < -0.3 is 24.8 Å². The van der Waals surface area contributed by atoms with Crippen molar-refractivity contribution in [3.63, 3.8) is 0 Å². The van der Waals surface area contributed by atoms with Gasteiger partial charge in [0, 0.05) is 24.4 Å². The molecule has 1 aromatic heterocycles. The summed E-state index contributed by atoms with van der Waals surface area (Å²) >= 11 is 0. The summed E-state index contributed by atoms with van der Waals surface area (Å²) in [5.41, 5.74) is 1.87. The van der Waals surface area contributed by atoms with E-state index in [-0.39, 0.29) is 5.91 Å². The van der Waals surface area contributed by atoms with E-state index >= 15 is 0 Å². The lowest BCUT2D eigenvalue weighted by Gasteiger charge is -2.15. The SMILES string of the molecule is CCCNC(=O)c1ccc(Nc2cc(OC)c(OC)c(OC)c2)cn1. The second-order valence-electron chi connectivity index (χ2n) is 5.23. The first-order valence-corrected chi connectivity index (χ1v) is 7.94. The van der Waals surface area contributed by atoms with E-state index in [1.165, 1.54) is 0 Å². The number of nitrogens with zero attached hydrogens (tertiary/aromatic N) is 1. The van der Waals surface area contributed by atoms with Crippen LogP contribution >= 0.6 is 0 Å². The molecule has 7 heteroatoms. The van der Waals surface area contributed by atoms with Crippen molar-refractivity contribution in [2.24, 2.45) is 0 Å². The zero-order valence-electron chi connectivity index (χ0n) is 14.9. The van der Waals surface area contributed by atoms with Crippen molar-refractivity contribution in [2.75, 3.05) is 33.2 Å².